The molecule has 1 saturated heterocycles. The molecule has 1 N–H and O–H groups in total. The smallest absolute Gasteiger partial charge is 0.295 e. The van der Waals surface area contributed by atoms with Crippen molar-refractivity contribution in [3.63, 3.8) is 0 Å². The van der Waals surface area contributed by atoms with Gasteiger partial charge in [0.05, 0.1) is 0 Å². The van der Waals surface area contributed by atoms with Crippen molar-refractivity contribution in [1.29, 1.82) is 0 Å². The van der Waals surface area contributed by atoms with Gasteiger partial charge in [-0.2, -0.15) is 5.21 Å². The Kier molecular flexibility index (Phi) is 2.43. The first-order chi connectivity index (χ1) is 6.77. The SMILES string of the molecule is CC1CCN(C(=O)c2nn[nH]n2)CC1. The van der Waals surface area contributed by atoms with Crippen molar-refractivity contribution in [2.24, 2.45) is 5.92 Å². The predicted molar refractivity (Wildman–Crippen MR) is 48.5 cm³/mol. The summed E-state index contributed by atoms with van der Waals surface area (Å²) in [6.45, 7) is 3.80. The molecule has 0 spiro atoms. The van der Waals surface area contributed by atoms with Crippen molar-refractivity contribution in [1.82, 2.24) is 25.5 Å². The van der Waals surface area contributed by atoms with E-state index in [1.165, 1.54) is 0 Å². The molecule has 0 bridgehead atoms. The van der Waals surface area contributed by atoms with E-state index in [0.29, 0.717) is 5.92 Å². The number of amides is 1. The Labute approximate surface area is 81.7 Å². The van der Waals surface area contributed by atoms with Gasteiger partial charge in [-0.05, 0) is 24.0 Å². The molecule has 1 aromatic heterocycles. The lowest BCUT2D eigenvalue weighted by atomic mass is 9.99. The molecule has 2 heterocycles. The van der Waals surface area contributed by atoms with E-state index < -0.39 is 0 Å². The Hall–Kier alpha value is -1.46. The van der Waals surface area contributed by atoms with Gasteiger partial charge in [-0.3, -0.25) is 4.79 Å². The zero-order valence-corrected chi connectivity index (χ0v) is 8.10. The number of hydrogen-bond donors (Lipinski definition) is 1. The molecular formula is C8H13N5O. The zero-order valence-electron chi connectivity index (χ0n) is 8.10. The number of piperidine rings is 1. The van der Waals surface area contributed by atoms with Gasteiger partial charge in [0, 0.05) is 13.1 Å². The highest BCUT2D eigenvalue weighted by Gasteiger charge is 2.23. The minimum atomic E-state index is -0.120. The van der Waals surface area contributed by atoms with Gasteiger partial charge >= 0.3 is 0 Å². The van der Waals surface area contributed by atoms with E-state index in [1.807, 2.05) is 0 Å². The van der Waals surface area contributed by atoms with Crippen molar-refractivity contribution >= 4 is 5.91 Å². The van der Waals surface area contributed by atoms with Crippen molar-refractivity contribution in [2.75, 3.05) is 13.1 Å². The maximum absolute atomic E-state index is 11.7. The van der Waals surface area contributed by atoms with Gasteiger partial charge in [0.25, 0.3) is 11.7 Å². The van der Waals surface area contributed by atoms with Crippen LogP contribution < -0.4 is 0 Å². The third kappa shape index (κ3) is 1.73. The monoisotopic (exact) mass is 195 g/mol. The van der Waals surface area contributed by atoms with Crippen LogP contribution in [0.3, 0.4) is 0 Å². The van der Waals surface area contributed by atoms with Crippen LogP contribution in [0.15, 0.2) is 0 Å². The second-order valence-corrected chi connectivity index (χ2v) is 3.71. The Bertz CT molecular complexity index is 302. The molecule has 0 unspecified atom stereocenters. The second-order valence-electron chi connectivity index (χ2n) is 3.71. The molecule has 2 rings (SSSR count). The first-order valence-corrected chi connectivity index (χ1v) is 4.80. The lowest BCUT2D eigenvalue weighted by molar-refractivity contribution is 0.0685. The molecular weight excluding hydrogens is 182 g/mol. The van der Waals surface area contributed by atoms with Crippen molar-refractivity contribution < 1.29 is 4.79 Å². The molecule has 0 saturated carbocycles. The largest absolute Gasteiger partial charge is 0.336 e. The van der Waals surface area contributed by atoms with Crippen LogP contribution in [0.2, 0.25) is 0 Å². The number of aromatic nitrogens is 4. The number of carbonyl (C=O) groups is 1. The van der Waals surface area contributed by atoms with E-state index in [2.05, 4.69) is 27.5 Å². The number of likely N-dealkylation sites (tertiary alicyclic amines) is 1. The summed E-state index contributed by atoms with van der Waals surface area (Å²) in [6, 6.07) is 0. The fourth-order valence-corrected chi connectivity index (χ4v) is 1.61. The van der Waals surface area contributed by atoms with Crippen LogP contribution >= 0.6 is 0 Å². The predicted octanol–water partition coefficient (Wildman–Crippen LogP) is 0.0718. The Morgan fingerprint density at radius 3 is 2.79 bits per heavy atom. The minimum Gasteiger partial charge on any atom is -0.336 e. The first-order valence-electron chi connectivity index (χ1n) is 4.80. The molecule has 1 aliphatic rings. The summed E-state index contributed by atoms with van der Waals surface area (Å²) in [5, 5.41) is 13.0. The molecule has 0 aliphatic carbocycles. The van der Waals surface area contributed by atoms with Crippen molar-refractivity contribution in [3.05, 3.63) is 5.82 Å². The maximum Gasteiger partial charge on any atom is 0.295 e. The highest BCUT2D eigenvalue weighted by atomic mass is 16.2. The van der Waals surface area contributed by atoms with Crippen LogP contribution in [0.4, 0.5) is 0 Å². The average molecular weight is 195 g/mol. The van der Waals surface area contributed by atoms with Crippen molar-refractivity contribution in [3.8, 4) is 0 Å². The zero-order chi connectivity index (χ0) is 9.97. The van der Waals surface area contributed by atoms with E-state index >= 15 is 0 Å². The molecule has 1 aromatic rings. The molecule has 1 aliphatic heterocycles. The fraction of sp³-hybridized carbons (Fsp3) is 0.750. The summed E-state index contributed by atoms with van der Waals surface area (Å²) in [6.07, 6.45) is 2.12. The molecule has 76 valence electrons. The molecule has 0 radical (unpaired) electrons. The van der Waals surface area contributed by atoms with E-state index in [-0.39, 0.29) is 11.7 Å². The minimum absolute atomic E-state index is 0.120. The van der Waals surface area contributed by atoms with Crippen LogP contribution in [-0.2, 0) is 0 Å². The second kappa shape index (κ2) is 3.73. The van der Waals surface area contributed by atoms with E-state index in [4.69, 9.17) is 0 Å². The van der Waals surface area contributed by atoms with Gasteiger partial charge in [-0.25, -0.2) is 0 Å². The lowest BCUT2D eigenvalue weighted by Gasteiger charge is -2.29. The topological polar surface area (TPSA) is 74.8 Å². The van der Waals surface area contributed by atoms with Crippen LogP contribution in [0.5, 0.6) is 0 Å². The molecule has 6 heteroatoms. The van der Waals surface area contributed by atoms with Crippen LogP contribution in [0.25, 0.3) is 0 Å². The van der Waals surface area contributed by atoms with E-state index in [9.17, 15) is 4.79 Å². The maximum atomic E-state index is 11.7. The van der Waals surface area contributed by atoms with Crippen LogP contribution in [-0.4, -0.2) is 44.5 Å². The van der Waals surface area contributed by atoms with E-state index in [0.717, 1.165) is 25.9 Å². The molecule has 1 fully saturated rings. The van der Waals surface area contributed by atoms with Crippen LogP contribution in [0.1, 0.15) is 30.4 Å². The number of rotatable bonds is 1. The third-order valence-electron chi connectivity index (χ3n) is 2.61. The summed E-state index contributed by atoms with van der Waals surface area (Å²) in [4.78, 5) is 13.5. The number of tetrazole rings is 1. The van der Waals surface area contributed by atoms with Crippen molar-refractivity contribution in [2.45, 2.75) is 19.8 Å². The molecule has 1 amide bonds. The Morgan fingerprint density at radius 1 is 1.50 bits per heavy atom. The normalized spacial score (nSPS) is 18.5. The van der Waals surface area contributed by atoms with Crippen LogP contribution in [0, 0.1) is 5.92 Å². The third-order valence-corrected chi connectivity index (χ3v) is 2.61. The molecule has 0 atom stereocenters. The van der Waals surface area contributed by atoms with E-state index in [1.54, 1.807) is 4.90 Å². The number of carbonyl (C=O) groups excluding carboxylic acids is 1. The van der Waals surface area contributed by atoms with Gasteiger partial charge in [-0.15, -0.1) is 10.2 Å². The lowest BCUT2D eigenvalue weighted by Crippen LogP contribution is -2.38. The average Bonchev–Trinajstić information content (AvgIpc) is 2.71. The number of nitrogens with one attached hydrogen (secondary N) is 1. The number of aromatic amines is 1. The van der Waals surface area contributed by atoms with Gasteiger partial charge in [-0.1, -0.05) is 6.92 Å². The summed E-state index contributed by atoms with van der Waals surface area (Å²) < 4.78 is 0. The van der Waals surface area contributed by atoms with Gasteiger partial charge in [0.15, 0.2) is 0 Å². The standard InChI is InChI=1S/C8H13N5O/c1-6-2-4-13(5-3-6)8(14)7-9-11-12-10-7/h6H,2-5H2,1H3,(H,9,10,11,12). The number of H-pyrrole nitrogens is 1. The Morgan fingerprint density at radius 2 is 2.21 bits per heavy atom. The number of hydrogen-bond acceptors (Lipinski definition) is 4. The number of nitrogens with zero attached hydrogens (tertiary/aromatic N) is 4. The first kappa shape index (κ1) is 9.11. The summed E-state index contributed by atoms with van der Waals surface area (Å²) in [5.41, 5.74) is 0. The van der Waals surface area contributed by atoms with Gasteiger partial charge < -0.3 is 4.90 Å². The Balaban J connectivity index is 1.99. The van der Waals surface area contributed by atoms with Gasteiger partial charge in [0.2, 0.25) is 0 Å². The highest BCUT2D eigenvalue weighted by molar-refractivity contribution is 5.90. The summed E-state index contributed by atoms with van der Waals surface area (Å²) in [7, 11) is 0. The summed E-state index contributed by atoms with van der Waals surface area (Å²) >= 11 is 0. The summed E-state index contributed by atoms with van der Waals surface area (Å²) in [5.74, 6) is 0.759. The van der Waals surface area contributed by atoms with Gasteiger partial charge in [0.1, 0.15) is 0 Å². The highest BCUT2D eigenvalue weighted by Crippen LogP contribution is 2.16. The molecule has 0 aromatic carbocycles. The quantitative estimate of drug-likeness (QED) is 0.688. The fourth-order valence-electron chi connectivity index (χ4n) is 1.61. The molecule has 14 heavy (non-hydrogen) atoms. The molecule has 6 nitrogen and oxygen atoms in total.